The molecule has 0 aliphatic rings. The van der Waals surface area contributed by atoms with Gasteiger partial charge in [0.2, 0.25) is 0 Å². The zero-order chi connectivity index (χ0) is 33.5. The second kappa shape index (κ2) is 10.8. The maximum absolute atomic E-state index is 6.21. The maximum Gasteiger partial charge on any atom is 0.135 e. The number of para-hydroxylation sites is 2. The highest BCUT2D eigenvalue weighted by atomic mass is 16.3. The van der Waals surface area contributed by atoms with Crippen molar-refractivity contribution in [3.8, 4) is 11.1 Å². The van der Waals surface area contributed by atoms with Crippen molar-refractivity contribution >= 4 is 93.3 Å². The van der Waals surface area contributed by atoms with Crippen LogP contribution in [0.2, 0.25) is 0 Å². The van der Waals surface area contributed by atoms with Crippen molar-refractivity contribution in [1.82, 2.24) is 0 Å². The van der Waals surface area contributed by atoms with Crippen LogP contribution in [0.15, 0.2) is 185 Å². The first-order valence-corrected chi connectivity index (χ1v) is 17.3. The minimum Gasteiger partial charge on any atom is -0.456 e. The Bertz CT molecular complexity index is 3030. The third-order valence-electron chi connectivity index (χ3n) is 10.4. The molecule has 0 spiro atoms. The van der Waals surface area contributed by atoms with Gasteiger partial charge in [-0.15, -0.1) is 0 Å². The molecule has 0 N–H and O–H groups in total. The highest BCUT2D eigenvalue weighted by Crippen LogP contribution is 2.42. The molecular formula is C48H29NO2. The third-order valence-corrected chi connectivity index (χ3v) is 10.4. The van der Waals surface area contributed by atoms with Crippen LogP contribution in [0.3, 0.4) is 0 Å². The molecule has 238 valence electrons. The molecule has 2 aromatic heterocycles. The van der Waals surface area contributed by atoms with Crippen LogP contribution in [0, 0.1) is 0 Å². The van der Waals surface area contributed by atoms with E-state index in [1.165, 1.54) is 43.4 Å². The van der Waals surface area contributed by atoms with Crippen LogP contribution < -0.4 is 4.90 Å². The van der Waals surface area contributed by atoms with Crippen LogP contribution in [0.25, 0.3) is 87.3 Å². The van der Waals surface area contributed by atoms with Gasteiger partial charge < -0.3 is 13.7 Å². The molecular weight excluding hydrogens is 623 g/mol. The minimum absolute atomic E-state index is 0.878. The molecule has 3 heteroatoms. The number of benzene rings is 9. The first kappa shape index (κ1) is 28.0. The fourth-order valence-corrected chi connectivity index (χ4v) is 7.96. The molecule has 51 heavy (non-hydrogen) atoms. The van der Waals surface area contributed by atoms with Crippen molar-refractivity contribution in [3.05, 3.63) is 176 Å². The predicted octanol–water partition coefficient (Wildman–Crippen LogP) is 14.1. The fraction of sp³-hybridized carbons (Fsp3) is 0. The van der Waals surface area contributed by atoms with E-state index >= 15 is 0 Å². The van der Waals surface area contributed by atoms with Gasteiger partial charge in [0, 0.05) is 38.6 Å². The Balaban J connectivity index is 1.07. The summed E-state index contributed by atoms with van der Waals surface area (Å²) in [5, 5.41) is 12.0. The molecule has 0 aliphatic heterocycles. The summed E-state index contributed by atoms with van der Waals surface area (Å²) in [5.41, 5.74) is 9.08. The molecule has 0 saturated carbocycles. The van der Waals surface area contributed by atoms with Gasteiger partial charge in [0.1, 0.15) is 22.3 Å². The predicted molar refractivity (Wildman–Crippen MR) is 214 cm³/mol. The topological polar surface area (TPSA) is 29.5 Å². The lowest BCUT2D eigenvalue weighted by Crippen LogP contribution is -2.09. The van der Waals surface area contributed by atoms with E-state index in [0.717, 1.165) is 60.9 Å². The quantitative estimate of drug-likeness (QED) is 0.177. The molecule has 0 saturated heterocycles. The summed E-state index contributed by atoms with van der Waals surface area (Å²) in [5.74, 6) is 0. The molecule has 0 unspecified atom stereocenters. The Labute approximate surface area is 293 Å². The van der Waals surface area contributed by atoms with E-state index in [0.29, 0.717) is 0 Å². The molecule has 9 aromatic carbocycles. The Morgan fingerprint density at radius 3 is 1.41 bits per heavy atom. The number of hydrogen-bond acceptors (Lipinski definition) is 3. The Kier molecular flexibility index (Phi) is 5.96. The largest absolute Gasteiger partial charge is 0.456 e. The van der Waals surface area contributed by atoms with Gasteiger partial charge in [0.05, 0.1) is 0 Å². The van der Waals surface area contributed by atoms with E-state index in [9.17, 15) is 0 Å². The van der Waals surface area contributed by atoms with E-state index in [1.54, 1.807) is 0 Å². The zero-order valence-corrected chi connectivity index (χ0v) is 27.5. The standard InChI is InChI=1S/C48H29NO2/c1-2-8-38-31(7-1)13-16-33-17-14-32-15-18-34(27-41(32)48(33)38)30-19-21-35(22-20-30)49(36-23-25-46-42(28-36)39-9-3-5-11-44(39)50-46)37-24-26-47-43(29-37)40-10-4-6-12-45(40)51-47/h1-29H. The smallest absolute Gasteiger partial charge is 0.135 e. The third kappa shape index (κ3) is 4.38. The van der Waals surface area contributed by atoms with E-state index in [2.05, 4.69) is 157 Å². The first-order chi connectivity index (χ1) is 25.2. The molecule has 0 atom stereocenters. The van der Waals surface area contributed by atoms with E-state index in [4.69, 9.17) is 8.83 Å². The average Bonchev–Trinajstić information content (AvgIpc) is 3.76. The molecule has 11 aromatic rings. The monoisotopic (exact) mass is 651 g/mol. The number of fused-ring (bicyclic) bond motifs is 11. The zero-order valence-electron chi connectivity index (χ0n) is 27.5. The van der Waals surface area contributed by atoms with Crippen LogP contribution in [0.5, 0.6) is 0 Å². The highest BCUT2D eigenvalue weighted by molar-refractivity contribution is 6.20. The van der Waals surface area contributed by atoms with Crippen molar-refractivity contribution in [2.45, 2.75) is 0 Å². The van der Waals surface area contributed by atoms with Gasteiger partial charge in [-0.2, -0.15) is 0 Å². The number of furan rings is 2. The average molecular weight is 652 g/mol. The second-order valence-corrected chi connectivity index (χ2v) is 13.3. The van der Waals surface area contributed by atoms with Crippen LogP contribution in [-0.4, -0.2) is 0 Å². The fourth-order valence-electron chi connectivity index (χ4n) is 7.96. The van der Waals surface area contributed by atoms with Gasteiger partial charge in [-0.3, -0.25) is 0 Å². The van der Waals surface area contributed by atoms with Crippen LogP contribution in [0.1, 0.15) is 0 Å². The van der Waals surface area contributed by atoms with Crippen LogP contribution >= 0.6 is 0 Å². The van der Waals surface area contributed by atoms with Gasteiger partial charge in [0.25, 0.3) is 0 Å². The molecule has 0 aliphatic carbocycles. The second-order valence-electron chi connectivity index (χ2n) is 13.3. The Hall–Kier alpha value is -6.84. The van der Waals surface area contributed by atoms with Crippen LogP contribution in [-0.2, 0) is 0 Å². The van der Waals surface area contributed by atoms with Crippen molar-refractivity contribution < 1.29 is 8.83 Å². The molecule has 0 amide bonds. The normalized spacial score (nSPS) is 11.9. The summed E-state index contributed by atoms with van der Waals surface area (Å²) in [6, 6.07) is 62.8. The van der Waals surface area contributed by atoms with Crippen molar-refractivity contribution in [1.29, 1.82) is 0 Å². The molecule has 0 fully saturated rings. The lowest BCUT2D eigenvalue weighted by atomic mass is 9.94. The number of rotatable bonds is 4. The number of nitrogens with zero attached hydrogens (tertiary/aromatic N) is 1. The van der Waals surface area contributed by atoms with Crippen LogP contribution in [0.4, 0.5) is 17.1 Å². The SMILES string of the molecule is c1ccc2c(c1)ccc1ccc3ccc(-c4ccc(N(c5ccc6oc7ccccc7c6c5)c5ccc6oc7ccccc7c6c5)cc4)cc3c12. The Morgan fingerprint density at radius 1 is 0.294 bits per heavy atom. The summed E-state index contributed by atoms with van der Waals surface area (Å²) in [6.45, 7) is 0. The summed E-state index contributed by atoms with van der Waals surface area (Å²) >= 11 is 0. The molecule has 2 heterocycles. The molecule has 0 bridgehead atoms. The lowest BCUT2D eigenvalue weighted by molar-refractivity contribution is 0.668. The highest BCUT2D eigenvalue weighted by Gasteiger charge is 2.18. The van der Waals surface area contributed by atoms with Gasteiger partial charge in [-0.1, -0.05) is 109 Å². The lowest BCUT2D eigenvalue weighted by Gasteiger charge is -2.26. The van der Waals surface area contributed by atoms with Crippen molar-refractivity contribution in [3.63, 3.8) is 0 Å². The molecule has 3 nitrogen and oxygen atoms in total. The van der Waals surface area contributed by atoms with Crippen molar-refractivity contribution in [2.24, 2.45) is 0 Å². The minimum atomic E-state index is 0.878. The maximum atomic E-state index is 6.21. The number of anilines is 3. The summed E-state index contributed by atoms with van der Waals surface area (Å²) < 4.78 is 12.4. The number of hydrogen-bond donors (Lipinski definition) is 0. The van der Waals surface area contributed by atoms with E-state index in [-0.39, 0.29) is 0 Å². The van der Waals surface area contributed by atoms with Gasteiger partial charge in [-0.05, 0) is 110 Å². The van der Waals surface area contributed by atoms with Gasteiger partial charge in [0.15, 0.2) is 0 Å². The van der Waals surface area contributed by atoms with E-state index in [1.807, 2.05) is 24.3 Å². The summed E-state index contributed by atoms with van der Waals surface area (Å²) in [7, 11) is 0. The van der Waals surface area contributed by atoms with Crippen molar-refractivity contribution in [2.75, 3.05) is 4.90 Å². The van der Waals surface area contributed by atoms with Gasteiger partial charge >= 0.3 is 0 Å². The first-order valence-electron chi connectivity index (χ1n) is 17.3. The summed E-state index contributed by atoms with van der Waals surface area (Å²) in [6.07, 6.45) is 0. The molecule has 11 rings (SSSR count). The van der Waals surface area contributed by atoms with E-state index < -0.39 is 0 Å². The van der Waals surface area contributed by atoms with Gasteiger partial charge in [-0.25, -0.2) is 0 Å². The summed E-state index contributed by atoms with van der Waals surface area (Å²) in [4.78, 5) is 2.33. The Morgan fingerprint density at radius 2 is 0.765 bits per heavy atom. The molecule has 0 radical (unpaired) electrons.